The van der Waals surface area contributed by atoms with E-state index in [2.05, 4.69) is 12.0 Å². The van der Waals surface area contributed by atoms with Crippen LogP contribution in [0.1, 0.15) is 47.8 Å². The zero-order valence-corrected chi connectivity index (χ0v) is 16.8. The lowest BCUT2D eigenvalue weighted by Gasteiger charge is -2.19. The standard InChI is InChI=1S/C23H27N3O2/c1-4-5-8-15-26-22(27)20-10-7-6-9-19(20)21(24-26)23(28)25(3)16-18-13-11-17(2)12-14-18/h6-7,9-14H,4-5,8,15-16H2,1-3H3. The van der Waals surface area contributed by atoms with Gasteiger partial charge < -0.3 is 4.90 Å². The summed E-state index contributed by atoms with van der Waals surface area (Å²) in [6.45, 7) is 5.17. The number of fused-ring (bicyclic) bond motifs is 1. The van der Waals surface area contributed by atoms with E-state index in [0.717, 1.165) is 24.8 Å². The van der Waals surface area contributed by atoms with Crippen molar-refractivity contribution in [3.63, 3.8) is 0 Å². The second-order valence-corrected chi connectivity index (χ2v) is 7.28. The van der Waals surface area contributed by atoms with Crippen molar-refractivity contribution in [1.29, 1.82) is 0 Å². The van der Waals surface area contributed by atoms with E-state index in [0.29, 0.717) is 29.6 Å². The van der Waals surface area contributed by atoms with Gasteiger partial charge in [-0.05, 0) is 25.0 Å². The van der Waals surface area contributed by atoms with Crippen molar-refractivity contribution >= 4 is 16.7 Å². The molecule has 0 aliphatic heterocycles. The average molecular weight is 377 g/mol. The summed E-state index contributed by atoms with van der Waals surface area (Å²) >= 11 is 0. The van der Waals surface area contributed by atoms with Gasteiger partial charge in [-0.3, -0.25) is 9.59 Å². The van der Waals surface area contributed by atoms with Crippen LogP contribution >= 0.6 is 0 Å². The molecule has 5 heteroatoms. The molecular formula is C23H27N3O2. The van der Waals surface area contributed by atoms with Gasteiger partial charge in [-0.2, -0.15) is 5.10 Å². The van der Waals surface area contributed by atoms with Crippen LogP contribution in [0.4, 0.5) is 0 Å². The third kappa shape index (κ3) is 4.30. The number of hydrogen-bond acceptors (Lipinski definition) is 3. The molecule has 2 aromatic carbocycles. The van der Waals surface area contributed by atoms with Gasteiger partial charge in [-0.1, -0.05) is 67.8 Å². The molecule has 1 aromatic heterocycles. The Hall–Kier alpha value is -2.95. The van der Waals surface area contributed by atoms with E-state index in [1.54, 1.807) is 24.1 Å². The summed E-state index contributed by atoms with van der Waals surface area (Å²) in [5, 5.41) is 5.62. The number of hydrogen-bond donors (Lipinski definition) is 0. The number of nitrogens with zero attached hydrogens (tertiary/aromatic N) is 3. The van der Waals surface area contributed by atoms with Crippen LogP contribution in [0.25, 0.3) is 10.8 Å². The normalized spacial score (nSPS) is 11.0. The third-order valence-corrected chi connectivity index (χ3v) is 4.93. The molecule has 0 N–H and O–H groups in total. The second-order valence-electron chi connectivity index (χ2n) is 7.28. The summed E-state index contributed by atoms with van der Waals surface area (Å²) in [6.07, 6.45) is 2.96. The Kier molecular flexibility index (Phi) is 6.24. The first-order valence-electron chi connectivity index (χ1n) is 9.82. The van der Waals surface area contributed by atoms with E-state index >= 15 is 0 Å². The molecule has 3 rings (SSSR count). The fourth-order valence-corrected chi connectivity index (χ4v) is 3.28. The Bertz CT molecular complexity index is 1020. The van der Waals surface area contributed by atoms with Crippen molar-refractivity contribution in [1.82, 2.24) is 14.7 Å². The number of rotatable bonds is 7. The van der Waals surface area contributed by atoms with Gasteiger partial charge in [0, 0.05) is 25.5 Å². The van der Waals surface area contributed by atoms with Crippen LogP contribution in [0.5, 0.6) is 0 Å². The topological polar surface area (TPSA) is 55.2 Å². The van der Waals surface area contributed by atoms with Crippen LogP contribution in [0, 0.1) is 6.92 Å². The highest BCUT2D eigenvalue weighted by atomic mass is 16.2. The zero-order valence-electron chi connectivity index (χ0n) is 16.8. The van der Waals surface area contributed by atoms with Gasteiger partial charge in [0.05, 0.1) is 5.39 Å². The van der Waals surface area contributed by atoms with Crippen LogP contribution in [0.15, 0.2) is 53.3 Å². The highest BCUT2D eigenvalue weighted by Gasteiger charge is 2.20. The highest BCUT2D eigenvalue weighted by Crippen LogP contribution is 2.16. The minimum absolute atomic E-state index is 0.135. The smallest absolute Gasteiger partial charge is 0.274 e. The SMILES string of the molecule is CCCCCn1nc(C(=O)N(C)Cc2ccc(C)cc2)c2ccccc2c1=O. The quantitative estimate of drug-likeness (QED) is 0.581. The van der Waals surface area contributed by atoms with E-state index in [4.69, 9.17) is 0 Å². The molecule has 0 atom stereocenters. The fraction of sp³-hybridized carbons (Fsp3) is 0.348. The van der Waals surface area contributed by atoms with E-state index < -0.39 is 0 Å². The summed E-state index contributed by atoms with van der Waals surface area (Å²) in [5.41, 5.74) is 2.44. The Morgan fingerprint density at radius 2 is 1.71 bits per heavy atom. The van der Waals surface area contributed by atoms with Gasteiger partial charge in [-0.15, -0.1) is 0 Å². The Morgan fingerprint density at radius 3 is 2.39 bits per heavy atom. The molecule has 0 spiro atoms. The van der Waals surface area contributed by atoms with Crippen molar-refractivity contribution in [2.45, 2.75) is 46.2 Å². The molecule has 0 radical (unpaired) electrons. The first kappa shape index (κ1) is 19.8. The Morgan fingerprint density at radius 1 is 1.04 bits per heavy atom. The van der Waals surface area contributed by atoms with Gasteiger partial charge >= 0.3 is 0 Å². The van der Waals surface area contributed by atoms with Crippen molar-refractivity contribution in [2.75, 3.05) is 7.05 Å². The monoisotopic (exact) mass is 377 g/mol. The first-order valence-corrected chi connectivity index (χ1v) is 9.82. The molecule has 1 amide bonds. The maximum absolute atomic E-state index is 13.2. The molecule has 28 heavy (non-hydrogen) atoms. The summed E-state index contributed by atoms with van der Waals surface area (Å²) in [5.74, 6) is -0.180. The van der Waals surface area contributed by atoms with Crippen LogP contribution < -0.4 is 5.56 Å². The summed E-state index contributed by atoms with van der Waals surface area (Å²) < 4.78 is 1.45. The molecule has 0 fully saturated rings. The first-order chi connectivity index (χ1) is 13.5. The van der Waals surface area contributed by atoms with Gasteiger partial charge in [-0.25, -0.2) is 4.68 Å². The largest absolute Gasteiger partial charge is 0.336 e. The molecule has 5 nitrogen and oxygen atoms in total. The molecule has 0 saturated heterocycles. The number of benzene rings is 2. The van der Waals surface area contributed by atoms with Crippen molar-refractivity contribution in [3.05, 3.63) is 75.7 Å². The molecular weight excluding hydrogens is 350 g/mol. The molecule has 0 aliphatic rings. The third-order valence-electron chi connectivity index (χ3n) is 4.93. The van der Waals surface area contributed by atoms with E-state index in [1.807, 2.05) is 43.3 Å². The van der Waals surface area contributed by atoms with Crippen molar-refractivity contribution in [3.8, 4) is 0 Å². The molecule has 3 aromatic rings. The Labute approximate surface area is 165 Å². The number of aromatic nitrogens is 2. The van der Waals surface area contributed by atoms with Gasteiger partial charge in [0.2, 0.25) is 0 Å². The van der Waals surface area contributed by atoms with Crippen molar-refractivity contribution < 1.29 is 4.79 Å². The molecule has 0 bridgehead atoms. The van der Waals surface area contributed by atoms with Gasteiger partial charge in [0.25, 0.3) is 11.5 Å². The maximum Gasteiger partial charge on any atom is 0.274 e. The fourth-order valence-electron chi connectivity index (χ4n) is 3.28. The number of amides is 1. The lowest BCUT2D eigenvalue weighted by Crippen LogP contribution is -2.32. The second kappa shape index (κ2) is 8.83. The zero-order chi connectivity index (χ0) is 20.1. The van der Waals surface area contributed by atoms with Crippen LogP contribution in [-0.4, -0.2) is 27.6 Å². The number of carbonyl (C=O) groups is 1. The summed E-state index contributed by atoms with van der Waals surface area (Å²) in [6, 6.07) is 15.3. The molecule has 146 valence electrons. The summed E-state index contributed by atoms with van der Waals surface area (Å²) in [4.78, 5) is 27.6. The molecule has 0 saturated carbocycles. The number of carbonyl (C=O) groups excluding carboxylic acids is 1. The van der Waals surface area contributed by atoms with Gasteiger partial charge in [0.1, 0.15) is 0 Å². The van der Waals surface area contributed by atoms with Crippen LogP contribution in [0.2, 0.25) is 0 Å². The average Bonchev–Trinajstić information content (AvgIpc) is 2.71. The van der Waals surface area contributed by atoms with Crippen molar-refractivity contribution in [2.24, 2.45) is 0 Å². The van der Waals surface area contributed by atoms with E-state index in [-0.39, 0.29) is 11.5 Å². The predicted molar refractivity (Wildman–Crippen MR) is 113 cm³/mol. The maximum atomic E-state index is 13.2. The molecule has 0 aliphatic carbocycles. The lowest BCUT2D eigenvalue weighted by molar-refractivity contribution is 0.0778. The van der Waals surface area contributed by atoms with E-state index in [9.17, 15) is 9.59 Å². The lowest BCUT2D eigenvalue weighted by atomic mass is 10.1. The molecule has 1 heterocycles. The van der Waals surface area contributed by atoms with Gasteiger partial charge in [0.15, 0.2) is 5.69 Å². The van der Waals surface area contributed by atoms with Crippen LogP contribution in [0.3, 0.4) is 0 Å². The summed E-state index contributed by atoms with van der Waals surface area (Å²) in [7, 11) is 1.77. The minimum Gasteiger partial charge on any atom is -0.336 e. The predicted octanol–water partition coefficient (Wildman–Crippen LogP) is 4.17. The number of unbranched alkanes of at least 4 members (excludes halogenated alkanes) is 2. The Balaban J connectivity index is 1.95. The van der Waals surface area contributed by atoms with Crippen LogP contribution in [-0.2, 0) is 13.1 Å². The minimum atomic E-state index is -0.180. The number of aryl methyl sites for hydroxylation is 2. The highest BCUT2D eigenvalue weighted by molar-refractivity contribution is 6.04. The molecule has 0 unspecified atom stereocenters. The van der Waals surface area contributed by atoms with E-state index in [1.165, 1.54) is 10.2 Å².